The van der Waals surface area contributed by atoms with Crippen molar-refractivity contribution in [3.8, 4) is 0 Å². The number of hydrogen-bond acceptors (Lipinski definition) is 3. The third-order valence-electron chi connectivity index (χ3n) is 3.85. The van der Waals surface area contributed by atoms with E-state index >= 15 is 0 Å². The number of carbonyl (C=O) groups is 1. The minimum atomic E-state index is 0. The average molecular weight is 313 g/mol. The molecule has 0 spiro atoms. The van der Waals surface area contributed by atoms with E-state index in [1.165, 1.54) is 6.42 Å². The highest BCUT2D eigenvalue weighted by molar-refractivity contribution is 5.95. The molecule has 0 bridgehead atoms. The van der Waals surface area contributed by atoms with Crippen molar-refractivity contribution in [1.29, 1.82) is 0 Å². The molecule has 0 aliphatic carbocycles. The van der Waals surface area contributed by atoms with Gasteiger partial charge >= 0.3 is 0 Å². The van der Waals surface area contributed by atoms with Gasteiger partial charge in [-0.15, -0.1) is 12.4 Å². The molecule has 118 valence electrons. The monoisotopic (exact) mass is 312 g/mol. The lowest BCUT2D eigenvalue weighted by molar-refractivity contribution is 0.0669. The van der Waals surface area contributed by atoms with Crippen molar-refractivity contribution in [2.75, 3.05) is 33.8 Å². The summed E-state index contributed by atoms with van der Waals surface area (Å²) < 4.78 is 5.18. The largest absolute Gasteiger partial charge is 0.380 e. The van der Waals surface area contributed by atoms with Crippen LogP contribution in [0.4, 0.5) is 0 Å². The molecule has 4 nitrogen and oxygen atoms in total. The van der Waals surface area contributed by atoms with Crippen LogP contribution < -0.4 is 5.32 Å². The number of benzene rings is 1. The molecule has 1 aliphatic heterocycles. The zero-order valence-electron chi connectivity index (χ0n) is 12.8. The summed E-state index contributed by atoms with van der Waals surface area (Å²) in [5, 5.41) is 3.21. The Bertz CT molecular complexity index is 452. The van der Waals surface area contributed by atoms with Crippen molar-refractivity contribution in [3.05, 3.63) is 35.4 Å². The van der Waals surface area contributed by atoms with Gasteiger partial charge in [0, 0.05) is 25.8 Å². The van der Waals surface area contributed by atoms with E-state index in [1.807, 2.05) is 36.2 Å². The van der Waals surface area contributed by atoms with Crippen molar-refractivity contribution in [2.45, 2.75) is 19.4 Å². The zero-order chi connectivity index (χ0) is 14.4. The fourth-order valence-corrected chi connectivity index (χ4v) is 2.89. The summed E-state index contributed by atoms with van der Waals surface area (Å²) in [4.78, 5) is 14.7. The molecule has 0 radical (unpaired) electrons. The summed E-state index contributed by atoms with van der Waals surface area (Å²) >= 11 is 0. The lowest BCUT2D eigenvalue weighted by Crippen LogP contribution is -2.42. The van der Waals surface area contributed by atoms with Crippen LogP contribution in [0.2, 0.25) is 0 Å². The minimum Gasteiger partial charge on any atom is -0.380 e. The molecule has 21 heavy (non-hydrogen) atoms. The van der Waals surface area contributed by atoms with Crippen LogP contribution in [0.3, 0.4) is 0 Å². The molecule has 5 heteroatoms. The van der Waals surface area contributed by atoms with Crippen LogP contribution in [-0.2, 0) is 11.3 Å². The smallest absolute Gasteiger partial charge is 0.254 e. The maximum absolute atomic E-state index is 12.7. The second-order valence-electron chi connectivity index (χ2n) is 5.41. The van der Waals surface area contributed by atoms with E-state index in [1.54, 1.807) is 7.11 Å². The van der Waals surface area contributed by atoms with Gasteiger partial charge in [0.25, 0.3) is 5.91 Å². The summed E-state index contributed by atoms with van der Waals surface area (Å²) in [5.41, 5.74) is 1.75. The van der Waals surface area contributed by atoms with Crippen molar-refractivity contribution >= 4 is 18.3 Å². The summed E-state index contributed by atoms with van der Waals surface area (Å²) in [6.45, 7) is 3.17. The Morgan fingerprint density at radius 1 is 1.43 bits per heavy atom. The predicted octanol–water partition coefficient (Wildman–Crippen LogP) is 2.33. The number of nitrogens with one attached hydrogen (secondary N) is 1. The van der Waals surface area contributed by atoms with Crippen molar-refractivity contribution < 1.29 is 9.53 Å². The van der Waals surface area contributed by atoms with E-state index < -0.39 is 0 Å². The van der Waals surface area contributed by atoms with E-state index in [4.69, 9.17) is 4.74 Å². The summed E-state index contributed by atoms with van der Waals surface area (Å²) in [5.74, 6) is 0.700. The van der Waals surface area contributed by atoms with Crippen LogP contribution >= 0.6 is 12.4 Å². The first-order valence-corrected chi connectivity index (χ1v) is 7.27. The van der Waals surface area contributed by atoms with Crippen molar-refractivity contribution in [3.63, 3.8) is 0 Å². The van der Waals surface area contributed by atoms with E-state index in [-0.39, 0.29) is 18.3 Å². The van der Waals surface area contributed by atoms with Gasteiger partial charge in [0.05, 0.1) is 6.61 Å². The number of rotatable bonds is 5. The molecule has 1 atom stereocenters. The lowest BCUT2D eigenvalue weighted by Gasteiger charge is -2.33. The van der Waals surface area contributed by atoms with Gasteiger partial charge < -0.3 is 15.0 Å². The van der Waals surface area contributed by atoms with Gasteiger partial charge in [0.2, 0.25) is 0 Å². The number of methoxy groups -OCH3 is 1. The van der Waals surface area contributed by atoms with Crippen LogP contribution in [0.5, 0.6) is 0 Å². The molecule has 1 amide bonds. The normalized spacial score (nSPS) is 18.2. The fourth-order valence-electron chi connectivity index (χ4n) is 2.89. The molecule has 1 unspecified atom stereocenters. The first-order chi connectivity index (χ1) is 9.76. The first-order valence-electron chi connectivity index (χ1n) is 7.27. The van der Waals surface area contributed by atoms with E-state index in [0.29, 0.717) is 12.5 Å². The molecule has 1 aliphatic rings. The van der Waals surface area contributed by atoms with Gasteiger partial charge in [-0.2, -0.15) is 0 Å². The average Bonchev–Trinajstić information content (AvgIpc) is 2.48. The van der Waals surface area contributed by atoms with Crippen LogP contribution in [0.15, 0.2) is 24.3 Å². The molecular weight excluding hydrogens is 288 g/mol. The van der Waals surface area contributed by atoms with Gasteiger partial charge in [-0.1, -0.05) is 18.2 Å². The quantitative estimate of drug-likeness (QED) is 0.907. The number of ether oxygens (including phenoxy) is 1. The molecule has 1 fully saturated rings. The Hall–Kier alpha value is -1.10. The number of halogens is 1. The van der Waals surface area contributed by atoms with E-state index in [0.717, 1.165) is 37.2 Å². The lowest BCUT2D eigenvalue weighted by atomic mass is 9.96. The summed E-state index contributed by atoms with van der Waals surface area (Å²) in [7, 11) is 3.62. The van der Waals surface area contributed by atoms with Crippen LogP contribution in [0, 0.1) is 5.92 Å². The Balaban J connectivity index is 0.00000220. The maximum Gasteiger partial charge on any atom is 0.254 e. The molecule has 2 rings (SSSR count). The molecule has 1 saturated heterocycles. The van der Waals surface area contributed by atoms with E-state index in [9.17, 15) is 4.79 Å². The van der Waals surface area contributed by atoms with Gasteiger partial charge in [-0.05, 0) is 44.0 Å². The van der Waals surface area contributed by atoms with Crippen molar-refractivity contribution in [2.24, 2.45) is 5.92 Å². The summed E-state index contributed by atoms with van der Waals surface area (Å²) in [6.07, 6.45) is 2.29. The Kier molecular flexibility index (Phi) is 7.72. The highest BCUT2D eigenvalue weighted by Gasteiger charge is 2.25. The topological polar surface area (TPSA) is 41.6 Å². The molecule has 1 heterocycles. The molecular formula is C16H25ClN2O2. The third-order valence-corrected chi connectivity index (χ3v) is 3.85. The zero-order valence-corrected chi connectivity index (χ0v) is 13.6. The highest BCUT2D eigenvalue weighted by Crippen LogP contribution is 2.20. The third kappa shape index (κ3) is 4.70. The van der Waals surface area contributed by atoms with Crippen LogP contribution in [-0.4, -0.2) is 44.6 Å². The number of nitrogens with zero attached hydrogens (tertiary/aromatic N) is 1. The number of likely N-dealkylation sites (tertiary alicyclic amines) is 1. The number of amides is 1. The predicted molar refractivity (Wildman–Crippen MR) is 87.0 cm³/mol. The number of carbonyl (C=O) groups excluding carboxylic acids is 1. The van der Waals surface area contributed by atoms with Gasteiger partial charge in [-0.25, -0.2) is 0 Å². The standard InChI is InChI=1S/C16H24N2O2.ClH/c1-17-10-13-6-5-9-18(11-13)16(19)15-8-4-3-7-14(15)12-20-2;/h3-4,7-8,13,17H,5-6,9-12H2,1-2H3;1H. The Morgan fingerprint density at radius 2 is 2.19 bits per heavy atom. The maximum atomic E-state index is 12.7. The van der Waals surface area contributed by atoms with Crippen LogP contribution in [0.1, 0.15) is 28.8 Å². The highest BCUT2D eigenvalue weighted by atomic mass is 35.5. The summed E-state index contributed by atoms with van der Waals surface area (Å²) in [6, 6.07) is 7.73. The van der Waals surface area contributed by atoms with Gasteiger partial charge in [0.15, 0.2) is 0 Å². The minimum absolute atomic E-state index is 0. The first kappa shape index (κ1) is 18.0. The molecule has 1 aromatic rings. The second-order valence-corrected chi connectivity index (χ2v) is 5.41. The van der Waals surface area contributed by atoms with Gasteiger partial charge in [-0.3, -0.25) is 4.79 Å². The van der Waals surface area contributed by atoms with Gasteiger partial charge in [0.1, 0.15) is 0 Å². The second kappa shape index (κ2) is 9.03. The van der Waals surface area contributed by atoms with Crippen molar-refractivity contribution in [1.82, 2.24) is 10.2 Å². The van der Waals surface area contributed by atoms with Crippen LogP contribution in [0.25, 0.3) is 0 Å². The van der Waals surface area contributed by atoms with E-state index in [2.05, 4.69) is 5.32 Å². The fraction of sp³-hybridized carbons (Fsp3) is 0.562. The Morgan fingerprint density at radius 3 is 2.90 bits per heavy atom. The molecule has 0 saturated carbocycles. The molecule has 1 aromatic carbocycles. The number of piperidine rings is 1. The SMILES string of the molecule is CNCC1CCCN(C(=O)c2ccccc2COC)C1.Cl. The Labute approximate surface area is 133 Å². The molecule has 0 aromatic heterocycles. The molecule has 1 N–H and O–H groups in total. The number of hydrogen-bond donors (Lipinski definition) is 1.